The van der Waals surface area contributed by atoms with Gasteiger partial charge in [0.05, 0.1) is 17.7 Å². The largest absolute Gasteiger partial charge is 0.484 e. The molecule has 0 unspecified atom stereocenters. The van der Waals surface area contributed by atoms with Crippen molar-refractivity contribution in [2.75, 3.05) is 0 Å². The number of nitrogens with one attached hydrogen (secondary N) is 1. The molecule has 1 aromatic rings. The van der Waals surface area contributed by atoms with Crippen LogP contribution in [0.5, 0.6) is 5.75 Å². The van der Waals surface area contributed by atoms with Gasteiger partial charge in [0.25, 0.3) is 0 Å². The molecule has 5 heteroatoms. The van der Waals surface area contributed by atoms with Gasteiger partial charge in [0.1, 0.15) is 17.4 Å². The van der Waals surface area contributed by atoms with Crippen molar-refractivity contribution in [2.45, 2.75) is 51.5 Å². The molecule has 22 heavy (non-hydrogen) atoms. The number of benzene rings is 1. The molecule has 0 bridgehead atoms. The van der Waals surface area contributed by atoms with E-state index in [1.165, 1.54) is 0 Å². The summed E-state index contributed by atoms with van der Waals surface area (Å²) in [5, 5.41) is 12.5. The van der Waals surface area contributed by atoms with E-state index >= 15 is 0 Å². The minimum Gasteiger partial charge on any atom is -0.484 e. The standard InChI is InChI=1S/C17H20N2O3/c1-9(2)13-16(20)21-15-14(19-13)11-7-10(8-18)5-6-12(11)22-17(15,3)4/h5-7,9,13-15,19H,1-4H3/t13-,14+,15-/m1/s1. The number of nitrogens with zero attached hydrogens (tertiary/aromatic N) is 1. The molecule has 2 aliphatic heterocycles. The Morgan fingerprint density at radius 1 is 1.36 bits per heavy atom. The predicted octanol–water partition coefficient (Wildman–Crippen LogP) is 2.31. The van der Waals surface area contributed by atoms with Gasteiger partial charge in [0.2, 0.25) is 0 Å². The summed E-state index contributed by atoms with van der Waals surface area (Å²) >= 11 is 0. The molecule has 3 rings (SSSR count). The van der Waals surface area contributed by atoms with E-state index in [1.54, 1.807) is 6.07 Å². The number of carbonyl (C=O) groups excluding carboxylic acids is 1. The van der Waals surface area contributed by atoms with Crippen LogP contribution in [-0.4, -0.2) is 23.7 Å². The van der Waals surface area contributed by atoms with Crippen LogP contribution in [0, 0.1) is 17.2 Å². The maximum absolute atomic E-state index is 12.2. The quantitative estimate of drug-likeness (QED) is 0.806. The van der Waals surface area contributed by atoms with Gasteiger partial charge in [-0.25, -0.2) is 0 Å². The minimum absolute atomic E-state index is 0.127. The fraction of sp³-hybridized carbons (Fsp3) is 0.529. The van der Waals surface area contributed by atoms with E-state index in [0.717, 1.165) is 11.3 Å². The second-order valence-electron chi connectivity index (χ2n) is 6.79. The minimum atomic E-state index is -0.629. The first-order chi connectivity index (χ1) is 10.3. The number of morpholine rings is 1. The summed E-state index contributed by atoms with van der Waals surface area (Å²) < 4.78 is 11.7. The van der Waals surface area contributed by atoms with E-state index in [9.17, 15) is 4.79 Å². The van der Waals surface area contributed by atoms with Crippen LogP contribution in [0.3, 0.4) is 0 Å². The summed E-state index contributed by atoms with van der Waals surface area (Å²) in [6.07, 6.45) is -0.420. The molecule has 1 saturated heterocycles. The molecule has 1 aromatic carbocycles. The highest BCUT2D eigenvalue weighted by atomic mass is 16.6. The van der Waals surface area contributed by atoms with E-state index < -0.39 is 11.7 Å². The van der Waals surface area contributed by atoms with Gasteiger partial charge in [-0.3, -0.25) is 10.1 Å². The maximum Gasteiger partial charge on any atom is 0.323 e. The number of esters is 1. The third kappa shape index (κ3) is 2.24. The van der Waals surface area contributed by atoms with Gasteiger partial charge in [-0.15, -0.1) is 0 Å². The van der Waals surface area contributed by atoms with Crippen LogP contribution >= 0.6 is 0 Å². The van der Waals surface area contributed by atoms with Gasteiger partial charge in [0.15, 0.2) is 6.10 Å². The Hall–Kier alpha value is -2.06. The number of hydrogen-bond donors (Lipinski definition) is 1. The molecule has 0 spiro atoms. The van der Waals surface area contributed by atoms with Crippen molar-refractivity contribution in [3.05, 3.63) is 29.3 Å². The van der Waals surface area contributed by atoms with E-state index in [1.807, 2.05) is 39.8 Å². The molecule has 1 N–H and O–H groups in total. The zero-order valence-electron chi connectivity index (χ0n) is 13.2. The molecule has 5 nitrogen and oxygen atoms in total. The Kier molecular flexibility index (Phi) is 3.37. The van der Waals surface area contributed by atoms with E-state index in [-0.39, 0.29) is 24.0 Å². The summed E-state index contributed by atoms with van der Waals surface area (Å²) in [6.45, 7) is 7.79. The summed E-state index contributed by atoms with van der Waals surface area (Å²) in [5.41, 5.74) is 0.818. The summed E-state index contributed by atoms with van der Waals surface area (Å²) in [7, 11) is 0. The normalized spacial score (nSPS) is 28.9. The topological polar surface area (TPSA) is 71.3 Å². The Bertz CT molecular complexity index is 660. The van der Waals surface area contributed by atoms with E-state index in [4.69, 9.17) is 14.7 Å². The molecule has 116 valence electrons. The molecule has 3 atom stereocenters. The SMILES string of the molecule is CC(C)[C@H]1N[C@H]2c3cc(C#N)ccc3OC(C)(C)[C@@H]2OC1=O. The number of hydrogen-bond acceptors (Lipinski definition) is 5. The molecule has 2 heterocycles. The van der Waals surface area contributed by atoms with Crippen molar-refractivity contribution in [1.82, 2.24) is 5.32 Å². The van der Waals surface area contributed by atoms with Crippen molar-refractivity contribution in [2.24, 2.45) is 5.92 Å². The smallest absolute Gasteiger partial charge is 0.323 e. The first-order valence-corrected chi connectivity index (χ1v) is 7.53. The van der Waals surface area contributed by atoms with Crippen LogP contribution < -0.4 is 10.1 Å². The fourth-order valence-corrected chi connectivity index (χ4v) is 3.17. The fourth-order valence-electron chi connectivity index (χ4n) is 3.17. The van der Waals surface area contributed by atoms with Gasteiger partial charge in [-0.1, -0.05) is 13.8 Å². The number of carbonyl (C=O) groups is 1. The highest BCUT2D eigenvalue weighted by Gasteiger charge is 2.51. The van der Waals surface area contributed by atoms with Crippen molar-refractivity contribution < 1.29 is 14.3 Å². The number of nitriles is 1. The molecular weight excluding hydrogens is 280 g/mol. The number of fused-ring (bicyclic) bond motifs is 3. The highest BCUT2D eigenvalue weighted by molar-refractivity contribution is 5.77. The van der Waals surface area contributed by atoms with E-state index in [0.29, 0.717) is 5.56 Å². The second kappa shape index (κ2) is 4.99. The Balaban J connectivity index is 2.07. The van der Waals surface area contributed by atoms with Crippen molar-refractivity contribution in [3.63, 3.8) is 0 Å². The highest BCUT2D eigenvalue weighted by Crippen LogP contribution is 2.43. The molecule has 0 aromatic heterocycles. The zero-order valence-corrected chi connectivity index (χ0v) is 13.2. The van der Waals surface area contributed by atoms with Gasteiger partial charge in [-0.2, -0.15) is 5.26 Å². The summed E-state index contributed by atoms with van der Waals surface area (Å²) in [5.74, 6) is 0.619. The lowest BCUT2D eigenvalue weighted by molar-refractivity contribution is -0.180. The van der Waals surface area contributed by atoms with E-state index in [2.05, 4.69) is 11.4 Å². The third-order valence-electron chi connectivity index (χ3n) is 4.36. The lowest BCUT2D eigenvalue weighted by atomic mass is 9.83. The average Bonchev–Trinajstić information content (AvgIpc) is 2.46. The van der Waals surface area contributed by atoms with Gasteiger partial charge in [-0.05, 0) is 38.0 Å². The average molecular weight is 300 g/mol. The first kappa shape index (κ1) is 14.9. The second-order valence-corrected chi connectivity index (χ2v) is 6.79. The van der Waals surface area contributed by atoms with Crippen LogP contribution in [0.25, 0.3) is 0 Å². The summed E-state index contributed by atoms with van der Waals surface area (Å²) in [4.78, 5) is 12.2. The molecule has 0 radical (unpaired) electrons. The molecule has 0 aliphatic carbocycles. The third-order valence-corrected chi connectivity index (χ3v) is 4.36. The van der Waals surface area contributed by atoms with Crippen LogP contribution in [-0.2, 0) is 9.53 Å². The Labute approximate surface area is 130 Å². The van der Waals surface area contributed by atoms with Crippen LogP contribution in [0.1, 0.15) is 44.9 Å². The van der Waals surface area contributed by atoms with Crippen molar-refractivity contribution in [1.29, 1.82) is 5.26 Å². The van der Waals surface area contributed by atoms with Crippen molar-refractivity contribution >= 4 is 5.97 Å². The van der Waals surface area contributed by atoms with Crippen molar-refractivity contribution in [3.8, 4) is 11.8 Å². The molecule has 2 aliphatic rings. The van der Waals surface area contributed by atoms with Gasteiger partial charge in [0, 0.05) is 5.56 Å². The molecule has 0 saturated carbocycles. The van der Waals surface area contributed by atoms with Crippen LogP contribution in [0.15, 0.2) is 18.2 Å². The molecule has 0 amide bonds. The van der Waals surface area contributed by atoms with Gasteiger partial charge < -0.3 is 9.47 Å². The lowest BCUT2D eigenvalue weighted by Crippen LogP contribution is -2.62. The molecule has 1 fully saturated rings. The number of rotatable bonds is 1. The summed E-state index contributed by atoms with van der Waals surface area (Å²) in [6, 6.07) is 6.99. The van der Waals surface area contributed by atoms with Gasteiger partial charge >= 0.3 is 5.97 Å². The first-order valence-electron chi connectivity index (χ1n) is 7.53. The predicted molar refractivity (Wildman–Crippen MR) is 80.2 cm³/mol. The monoisotopic (exact) mass is 300 g/mol. The van der Waals surface area contributed by atoms with Crippen LogP contribution in [0.2, 0.25) is 0 Å². The lowest BCUT2D eigenvalue weighted by Gasteiger charge is -2.48. The zero-order chi connectivity index (χ0) is 16.1. The van der Waals surface area contributed by atoms with Crippen LogP contribution in [0.4, 0.5) is 0 Å². The number of ether oxygens (including phenoxy) is 2. The Morgan fingerprint density at radius 2 is 2.09 bits per heavy atom. The Morgan fingerprint density at radius 3 is 2.73 bits per heavy atom. The molecular formula is C17H20N2O3. The maximum atomic E-state index is 12.2.